The summed E-state index contributed by atoms with van der Waals surface area (Å²) in [7, 11) is -3.47. The maximum absolute atomic E-state index is 12.5. The van der Waals surface area contributed by atoms with Crippen molar-refractivity contribution in [3.8, 4) is 0 Å². The minimum Gasteiger partial charge on any atom is -0.338 e. The molecule has 3 N–H and O–H groups in total. The molecule has 0 aromatic heterocycles. The molecule has 126 valence electrons. The van der Waals surface area contributed by atoms with Crippen LogP contribution in [-0.2, 0) is 10.0 Å². The highest BCUT2D eigenvalue weighted by Gasteiger charge is 2.35. The largest absolute Gasteiger partial charge is 0.338 e. The van der Waals surface area contributed by atoms with Crippen LogP contribution in [0.4, 0.5) is 0 Å². The van der Waals surface area contributed by atoms with Crippen molar-refractivity contribution in [2.75, 3.05) is 19.6 Å². The molecule has 1 heterocycles. The number of hydrogen-bond donors (Lipinski definition) is 2. The number of carbonyl (C=O) groups excluding carboxylic acids is 1. The Kier molecular flexibility index (Phi) is 4.20. The number of nitrogens with zero attached hydrogens (tertiary/aromatic N) is 1. The van der Waals surface area contributed by atoms with Crippen LogP contribution >= 0.6 is 0 Å². The first-order chi connectivity index (χ1) is 10.8. The first-order valence-corrected chi connectivity index (χ1v) is 9.43. The third-order valence-electron chi connectivity index (χ3n) is 4.65. The molecular formula is C16H23N3O3S. The number of likely N-dealkylation sites (tertiary alicyclic amines) is 1. The lowest BCUT2D eigenvalue weighted by atomic mass is 9.90. The molecule has 2 aliphatic rings. The smallest absolute Gasteiger partial charge is 0.253 e. The van der Waals surface area contributed by atoms with Crippen LogP contribution in [0.3, 0.4) is 0 Å². The first-order valence-electron chi connectivity index (χ1n) is 7.95. The van der Waals surface area contributed by atoms with Crippen LogP contribution in [-0.4, -0.2) is 44.9 Å². The zero-order valence-electron chi connectivity index (χ0n) is 13.3. The number of nitrogens with one attached hydrogen (secondary N) is 1. The molecule has 1 aromatic carbocycles. The molecule has 1 saturated carbocycles. The zero-order chi connectivity index (χ0) is 16.7. The molecule has 1 aliphatic heterocycles. The van der Waals surface area contributed by atoms with Crippen LogP contribution in [0.2, 0.25) is 0 Å². The van der Waals surface area contributed by atoms with Gasteiger partial charge in [0.2, 0.25) is 10.0 Å². The Balaban J connectivity index is 1.71. The lowest BCUT2D eigenvalue weighted by Crippen LogP contribution is -2.34. The summed E-state index contributed by atoms with van der Waals surface area (Å²) in [5, 5.41) is 0. The molecule has 6 nitrogen and oxygen atoms in total. The van der Waals surface area contributed by atoms with Gasteiger partial charge in [-0.25, -0.2) is 13.1 Å². The van der Waals surface area contributed by atoms with E-state index in [1.165, 1.54) is 12.1 Å². The van der Waals surface area contributed by atoms with E-state index in [9.17, 15) is 13.2 Å². The molecule has 2 fully saturated rings. The number of nitrogens with two attached hydrogens (primary N) is 1. The number of benzene rings is 1. The normalized spacial score (nSPS) is 24.9. The Bertz CT molecular complexity index is 698. The van der Waals surface area contributed by atoms with Gasteiger partial charge in [0.05, 0.1) is 4.90 Å². The van der Waals surface area contributed by atoms with E-state index in [2.05, 4.69) is 11.6 Å². The predicted octanol–water partition coefficient (Wildman–Crippen LogP) is 0.938. The highest BCUT2D eigenvalue weighted by Crippen LogP contribution is 2.29. The molecule has 7 heteroatoms. The molecule has 1 aliphatic carbocycles. The Labute approximate surface area is 137 Å². The summed E-state index contributed by atoms with van der Waals surface area (Å²) in [5.41, 5.74) is 6.26. The van der Waals surface area contributed by atoms with E-state index in [0.717, 1.165) is 19.3 Å². The maximum Gasteiger partial charge on any atom is 0.253 e. The molecule has 1 aromatic rings. The van der Waals surface area contributed by atoms with Crippen molar-refractivity contribution >= 4 is 15.9 Å². The van der Waals surface area contributed by atoms with Crippen molar-refractivity contribution in [3.05, 3.63) is 29.8 Å². The fourth-order valence-electron chi connectivity index (χ4n) is 2.81. The topological polar surface area (TPSA) is 92.5 Å². The SMILES string of the molecule is CC1(CN)CCN(C(=O)c2ccc(S(=O)(=O)NC3CC3)cc2)C1. The van der Waals surface area contributed by atoms with Crippen LogP contribution in [0.5, 0.6) is 0 Å². The van der Waals surface area contributed by atoms with Gasteiger partial charge in [0.15, 0.2) is 0 Å². The number of hydrogen-bond acceptors (Lipinski definition) is 4. The van der Waals surface area contributed by atoms with Crippen LogP contribution < -0.4 is 10.5 Å². The maximum atomic E-state index is 12.5. The van der Waals surface area contributed by atoms with Crippen molar-refractivity contribution in [2.45, 2.75) is 37.1 Å². The zero-order valence-corrected chi connectivity index (χ0v) is 14.1. The van der Waals surface area contributed by atoms with Gasteiger partial charge in [-0.2, -0.15) is 0 Å². The average Bonchev–Trinajstić information content (AvgIpc) is 3.25. The second kappa shape index (κ2) is 5.89. The minimum absolute atomic E-state index is 0.0207. The van der Waals surface area contributed by atoms with E-state index in [4.69, 9.17) is 5.73 Å². The molecule has 1 atom stereocenters. The fraction of sp³-hybridized carbons (Fsp3) is 0.562. The summed E-state index contributed by atoms with van der Waals surface area (Å²) in [6, 6.07) is 6.23. The molecule has 1 amide bonds. The van der Waals surface area contributed by atoms with Crippen molar-refractivity contribution in [2.24, 2.45) is 11.1 Å². The number of amides is 1. The summed E-state index contributed by atoms with van der Waals surface area (Å²) in [4.78, 5) is 14.5. The van der Waals surface area contributed by atoms with Gasteiger partial charge in [-0.05, 0) is 55.5 Å². The molecule has 1 saturated heterocycles. The second-order valence-corrected chi connectivity index (χ2v) is 8.63. The highest BCUT2D eigenvalue weighted by atomic mass is 32.2. The Morgan fingerprint density at radius 2 is 2.00 bits per heavy atom. The van der Waals surface area contributed by atoms with Gasteiger partial charge in [-0.3, -0.25) is 4.79 Å². The predicted molar refractivity (Wildman–Crippen MR) is 87.5 cm³/mol. The van der Waals surface area contributed by atoms with E-state index in [1.54, 1.807) is 17.0 Å². The number of rotatable bonds is 5. The van der Waals surface area contributed by atoms with Crippen molar-refractivity contribution < 1.29 is 13.2 Å². The van der Waals surface area contributed by atoms with Gasteiger partial charge in [-0.1, -0.05) is 6.92 Å². The number of carbonyl (C=O) groups is 1. The van der Waals surface area contributed by atoms with E-state index in [1.807, 2.05) is 0 Å². The van der Waals surface area contributed by atoms with E-state index < -0.39 is 10.0 Å². The Hall–Kier alpha value is -1.44. The van der Waals surface area contributed by atoms with Crippen LogP contribution in [0.1, 0.15) is 36.5 Å². The van der Waals surface area contributed by atoms with E-state index in [0.29, 0.717) is 25.2 Å². The monoisotopic (exact) mass is 337 g/mol. The van der Waals surface area contributed by atoms with Gasteiger partial charge in [0, 0.05) is 24.7 Å². The Morgan fingerprint density at radius 3 is 2.52 bits per heavy atom. The van der Waals surface area contributed by atoms with Gasteiger partial charge >= 0.3 is 0 Å². The quantitative estimate of drug-likeness (QED) is 0.836. The lowest BCUT2D eigenvalue weighted by Gasteiger charge is -2.22. The van der Waals surface area contributed by atoms with Gasteiger partial charge in [0.25, 0.3) is 5.91 Å². The number of sulfonamides is 1. The van der Waals surface area contributed by atoms with Crippen LogP contribution in [0.15, 0.2) is 29.2 Å². The van der Waals surface area contributed by atoms with Gasteiger partial charge < -0.3 is 10.6 Å². The molecule has 0 radical (unpaired) electrons. The average molecular weight is 337 g/mol. The lowest BCUT2D eigenvalue weighted by molar-refractivity contribution is 0.0777. The summed E-state index contributed by atoms with van der Waals surface area (Å²) in [6.07, 6.45) is 2.68. The Morgan fingerprint density at radius 1 is 1.35 bits per heavy atom. The third-order valence-corrected chi connectivity index (χ3v) is 6.19. The van der Waals surface area contributed by atoms with Crippen LogP contribution in [0.25, 0.3) is 0 Å². The highest BCUT2D eigenvalue weighted by molar-refractivity contribution is 7.89. The van der Waals surface area contributed by atoms with Crippen LogP contribution in [0, 0.1) is 5.41 Å². The molecule has 1 unspecified atom stereocenters. The molecular weight excluding hydrogens is 314 g/mol. The molecule has 0 spiro atoms. The van der Waals surface area contributed by atoms with Gasteiger partial charge in [-0.15, -0.1) is 0 Å². The molecule has 0 bridgehead atoms. The van der Waals surface area contributed by atoms with Crippen molar-refractivity contribution in [3.63, 3.8) is 0 Å². The minimum atomic E-state index is -3.47. The fourth-order valence-corrected chi connectivity index (χ4v) is 4.12. The standard InChI is InChI=1S/C16H23N3O3S/c1-16(10-17)8-9-19(11-16)15(20)12-2-6-14(7-3-12)23(21,22)18-13-4-5-13/h2-3,6-7,13,18H,4-5,8-11,17H2,1H3. The van der Waals surface area contributed by atoms with Crippen molar-refractivity contribution in [1.82, 2.24) is 9.62 Å². The summed E-state index contributed by atoms with van der Waals surface area (Å²) in [5.74, 6) is -0.0683. The van der Waals surface area contributed by atoms with E-state index >= 15 is 0 Å². The third kappa shape index (κ3) is 3.57. The van der Waals surface area contributed by atoms with Crippen molar-refractivity contribution in [1.29, 1.82) is 0 Å². The first kappa shape index (κ1) is 16.4. The van der Waals surface area contributed by atoms with Gasteiger partial charge in [0.1, 0.15) is 0 Å². The summed E-state index contributed by atoms with van der Waals surface area (Å²) in [6.45, 7) is 3.97. The van der Waals surface area contributed by atoms with E-state index in [-0.39, 0.29) is 22.3 Å². The summed E-state index contributed by atoms with van der Waals surface area (Å²) < 4.78 is 26.9. The molecule has 3 rings (SSSR count). The second-order valence-electron chi connectivity index (χ2n) is 6.91. The summed E-state index contributed by atoms with van der Waals surface area (Å²) >= 11 is 0. The molecule has 23 heavy (non-hydrogen) atoms.